The summed E-state index contributed by atoms with van der Waals surface area (Å²) < 4.78 is 62.2. The Hall–Kier alpha value is -1.24. The number of nitrogens with zero attached hydrogens (tertiary/aromatic N) is 1. The number of benzene rings is 1. The molecule has 0 spiro atoms. The molecule has 0 saturated carbocycles. The van der Waals surface area contributed by atoms with Crippen LogP contribution in [0.25, 0.3) is 0 Å². The normalized spacial score (nSPS) is 12.4. The molecule has 0 aliphatic rings. The summed E-state index contributed by atoms with van der Waals surface area (Å²) >= 11 is 0. The highest BCUT2D eigenvalue weighted by atomic mass is 127. The van der Waals surface area contributed by atoms with E-state index in [0.717, 1.165) is 12.1 Å². The first-order valence-corrected chi connectivity index (χ1v) is 8.06. The number of nitrogens with one attached hydrogen (secondary N) is 1. The van der Waals surface area contributed by atoms with Crippen LogP contribution >= 0.6 is 24.0 Å². The van der Waals surface area contributed by atoms with Gasteiger partial charge in [-0.3, -0.25) is 4.99 Å². The summed E-state index contributed by atoms with van der Waals surface area (Å²) in [4.78, 5) is 3.83. The molecule has 0 saturated heterocycles. The van der Waals surface area contributed by atoms with E-state index in [4.69, 9.17) is 5.73 Å². The molecule has 23 heavy (non-hydrogen) atoms. The highest BCUT2D eigenvalue weighted by Gasteiger charge is 2.30. The summed E-state index contributed by atoms with van der Waals surface area (Å²) in [7, 11) is -3.12. The summed E-state index contributed by atoms with van der Waals surface area (Å²) in [5.41, 5.74) is 5.95. The molecule has 0 aliphatic heterocycles. The van der Waals surface area contributed by atoms with Crippen molar-refractivity contribution in [3.63, 3.8) is 0 Å². The standard InChI is InChI=1S/C12H16F3N3O3S.HI/c1-2-22(19,20)8-7-17-11(16)18-9-3-5-10(6-4-9)21-12(13,14)15;/h3-6H,2,7-8H2,1H3,(H3,16,17,18);1H. The summed E-state index contributed by atoms with van der Waals surface area (Å²) in [6.45, 7) is 1.54. The zero-order valence-electron chi connectivity index (χ0n) is 12.1. The Morgan fingerprint density at radius 2 is 1.87 bits per heavy atom. The number of sulfone groups is 1. The second-order valence-corrected chi connectivity index (χ2v) is 6.67. The monoisotopic (exact) mass is 467 g/mol. The number of aliphatic imine (C=N–C) groups is 1. The molecule has 0 radical (unpaired) electrons. The minimum absolute atomic E-state index is 0. The highest BCUT2D eigenvalue weighted by molar-refractivity contribution is 14.0. The maximum atomic E-state index is 12.0. The SMILES string of the molecule is CCS(=O)(=O)CCN=C(N)Nc1ccc(OC(F)(F)F)cc1.I. The van der Waals surface area contributed by atoms with Gasteiger partial charge in [0, 0.05) is 11.4 Å². The number of ether oxygens (including phenoxy) is 1. The van der Waals surface area contributed by atoms with Crippen molar-refractivity contribution < 1.29 is 26.3 Å². The van der Waals surface area contributed by atoms with Gasteiger partial charge in [0.05, 0.1) is 12.3 Å². The Labute approximate surface area is 149 Å². The lowest BCUT2D eigenvalue weighted by atomic mass is 10.3. The van der Waals surface area contributed by atoms with Crippen molar-refractivity contribution in [2.45, 2.75) is 13.3 Å². The van der Waals surface area contributed by atoms with Crippen molar-refractivity contribution in [2.24, 2.45) is 10.7 Å². The molecular weight excluding hydrogens is 450 g/mol. The number of hydrogen-bond donors (Lipinski definition) is 2. The van der Waals surface area contributed by atoms with Crippen LogP contribution in [0.3, 0.4) is 0 Å². The molecule has 0 heterocycles. The van der Waals surface area contributed by atoms with Crippen LogP contribution in [0, 0.1) is 0 Å². The van der Waals surface area contributed by atoms with Gasteiger partial charge in [0.2, 0.25) is 0 Å². The Kier molecular flexibility index (Phi) is 8.66. The second kappa shape index (κ2) is 9.15. The molecule has 132 valence electrons. The largest absolute Gasteiger partial charge is 0.573 e. The molecule has 0 unspecified atom stereocenters. The Balaban J connectivity index is 0.00000484. The van der Waals surface area contributed by atoms with Gasteiger partial charge in [-0.25, -0.2) is 8.42 Å². The van der Waals surface area contributed by atoms with Crippen LogP contribution in [0.1, 0.15) is 6.92 Å². The van der Waals surface area contributed by atoms with E-state index in [1.165, 1.54) is 19.1 Å². The van der Waals surface area contributed by atoms with E-state index in [2.05, 4.69) is 15.0 Å². The molecule has 1 aromatic carbocycles. The topological polar surface area (TPSA) is 93.8 Å². The van der Waals surface area contributed by atoms with Gasteiger partial charge in [0.25, 0.3) is 0 Å². The predicted octanol–water partition coefficient (Wildman–Crippen LogP) is 2.36. The zero-order chi connectivity index (χ0) is 16.8. The number of rotatable bonds is 6. The van der Waals surface area contributed by atoms with Crippen molar-refractivity contribution in [1.82, 2.24) is 0 Å². The average Bonchev–Trinajstić information content (AvgIpc) is 2.39. The summed E-state index contributed by atoms with van der Waals surface area (Å²) in [6, 6.07) is 4.88. The van der Waals surface area contributed by atoms with Crippen LogP contribution in [0.5, 0.6) is 5.75 Å². The lowest BCUT2D eigenvalue weighted by Gasteiger charge is -2.10. The minimum Gasteiger partial charge on any atom is -0.406 e. The number of nitrogens with two attached hydrogens (primary N) is 1. The molecule has 0 bridgehead atoms. The summed E-state index contributed by atoms with van der Waals surface area (Å²) in [5, 5.41) is 2.63. The first kappa shape index (κ1) is 21.8. The first-order chi connectivity index (χ1) is 10.1. The fourth-order valence-corrected chi connectivity index (χ4v) is 2.04. The Bertz CT molecular complexity index is 619. The fourth-order valence-electron chi connectivity index (χ4n) is 1.38. The molecule has 0 fully saturated rings. The molecule has 6 nitrogen and oxygen atoms in total. The fraction of sp³-hybridized carbons (Fsp3) is 0.417. The van der Waals surface area contributed by atoms with E-state index in [0.29, 0.717) is 5.69 Å². The Morgan fingerprint density at radius 3 is 2.35 bits per heavy atom. The van der Waals surface area contributed by atoms with Gasteiger partial charge < -0.3 is 15.8 Å². The molecule has 11 heteroatoms. The van der Waals surface area contributed by atoms with Crippen molar-refractivity contribution in [3.05, 3.63) is 24.3 Å². The summed E-state index contributed by atoms with van der Waals surface area (Å²) in [6.07, 6.45) is -4.75. The van der Waals surface area contributed by atoms with Crippen molar-refractivity contribution in [3.8, 4) is 5.75 Å². The smallest absolute Gasteiger partial charge is 0.406 e. The first-order valence-electron chi connectivity index (χ1n) is 6.24. The number of guanidine groups is 1. The molecule has 0 aliphatic carbocycles. The third-order valence-corrected chi connectivity index (χ3v) is 4.17. The van der Waals surface area contributed by atoms with Crippen LogP contribution < -0.4 is 15.8 Å². The van der Waals surface area contributed by atoms with E-state index >= 15 is 0 Å². The van der Waals surface area contributed by atoms with E-state index in [1.54, 1.807) is 0 Å². The third kappa shape index (κ3) is 9.48. The van der Waals surface area contributed by atoms with Gasteiger partial charge >= 0.3 is 6.36 Å². The maximum absolute atomic E-state index is 12.0. The van der Waals surface area contributed by atoms with E-state index in [1.807, 2.05) is 0 Å². The molecule has 3 N–H and O–H groups in total. The molecule has 0 aromatic heterocycles. The van der Waals surface area contributed by atoms with E-state index in [9.17, 15) is 21.6 Å². The molecule has 0 atom stereocenters. The Morgan fingerprint density at radius 1 is 1.30 bits per heavy atom. The van der Waals surface area contributed by atoms with Crippen LogP contribution in [-0.4, -0.2) is 38.8 Å². The maximum Gasteiger partial charge on any atom is 0.573 e. The van der Waals surface area contributed by atoms with Gasteiger partial charge in [-0.1, -0.05) is 6.92 Å². The van der Waals surface area contributed by atoms with Gasteiger partial charge in [0.15, 0.2) is 15.8 Å². The van der Waals surface area contributed by atoms with Crippen LogP contribution in [0.15, 0.2) is 29.3 Å². The van der Waals surface area contributed by atoms with Crippen LogP contribution in [0.2, 0.25) is 0 Å². The zero-order valence-corrected chi connectivity index (χ0v) is 15.3. The number of anilines is 1. The molecule has 1 aromatic rings. The second-order valence-electron chi connectivity index (χ2n) is 4.20. The van der Waals surface area contributed by atoms with Crippen molar-refractivity contribution in [1.29, 1.82) is 0 Å². The predicted molar refractivity (Wildman–Crippen MR) is 93.0 cm³/mol. The van der Waals surface area contributed by atoms with Gasteiger partial charge in [-0.15, -0.1) is 37.1 Å². The molecule has 0 amide bonds. The van der Waals surface area contributed by atoms with Crippen molar-refractivity contribution >= 4 is 45.5 Å². The average molecular weight is 467 g/mol. The highest BCUT2D eigenvalue weighted by Crippen LogP contribution is 2.23. The quantitative estimate of drug-likeness (QED) is 0.381. The van der Waals surface area contributed by atoms with Gasteiger partial charge in [-0.05, 0) is 24.3 Å². The molecule has 1 rings (SSSR count). The van der Waals surface area contributed by atoms with Crippen LogP contribution in [0.4, 0.5) is 18.9 Å². The van der Waals surface area contributed by atoms with Gasteiger partial charge in [0.1, 0.15) is 5.75 Å². The van der Waals surface area contributed by atoms with Crippen molar-refractivity contribution in [2.75, 3.05) is 23.4 Å². The lowest BCUT2D eigenvalue weighted by molar-refractivity contribution is -0.274. The van der Waals surface area contributed by atoms with Gasteiger partial charge in [-0.2, -0.15) is 0 Å². The molecular formula is C12H17F3IN3O3S. The number of halogens is 4. The minimum atomic E-state index is -4.75. The number of alkyl halides is 3. The lowest BCUT2D eigenvalue weighted by Crippen LogP contribution is -2.24. The van der Waals surface area contributed by atoms with E-state index in [-0.39, 0.29) is 53.7 Å². The van der Waals surface area contributed by atoms with Crippen LogP contribution in [-0.2, 0) is 9.84 Å². The van der Waals surface area contributed by atoms with E-state index < -0.39 is 16.2 Å². The third-order valence-electron chi connectivity index (χ3n) is 2.48. The summed E-state index contributed by atoms with van der Waals surface area (Å²) in [5.74, 6) is -0.487. The number of hydrogen-bond acceptors (Lipinski definition) is 4.